The third-order valence-corrected chi connectivity index (χ3v) is 4.27. The largest absolute Gasteiger partial charge is 0.507 e. The molecule has 1 heterocycles. The zero-order valence-electron chi connectivity index (χ0n) is 15.2. The second kappa shape index (κ2) is 9.97. The van der Waals surface area contributed by atoms with E-state index in [1.807, 2.05) is 0 Å². The van der Waals surface area contributed by atoms with Crippen molar-refractivity contribution in [1.82, 2.24) is 0 Å². The van der Waals surface area contributed by atoms with Crippen LogP contribution in [0.1, 0.15) is 58.3 Å². The minimum absolute atomic E-state index is 0.00460. The fourth-order valence-electron chi connectivity index (χ4n) is 2.91. The Labute approximate surface area is 148 Å². The summed E-state index contributed by atoms with van der Waals surface area (Å²) in [6.45, 7) is 2.64. The Morgan fingerprint density at radius 3 is 2.36 bits per heavy atom. The number of hydrogen-bond acceptors (Lipinski definition) is 5. The van der Waals surface area contributed by atoms with Crippen LogP contribution in [0.15, 0.2) is 27.4 Å². The molecule has 5 nitrogen and oxygen atoms in total. The molecule has 0 spiro atoms. The van der Waals surface area contributed by atoms with Gasteiger partial charge in [0, 0.05) is 0 Å². The number of methoxy groups -OCH3 is 1. The van der Waals surface area contributed by atoms with E-state index in [2.05, 4.69) is 6.92 Å². The Hall–Kier alpha value is -2.17. The Morgan fingerprint density at radius 2 is 1.68 bits per heavy atom. The first-order valence-corrected chi connectivity index (χ1v) is 9.14. The van der Waals surface area contributed by atoms with Gasteiger partial charge in [-0.3, -0.25) is 0 Å². The SMILES string of the molecule is CCCCCCCCCCOc1c(OC)c2c(O)cccc2oc1=O. The average Bonchev–Trinajstić information content (AvgIpc) is 2.60. The van der Waals surface area contributed by atoms with Crippen molar-refractivity contribution in [3.8, 4) is 17.2 Å². The van der Waals surface area contributed by atoms with Crippen molar-refractivity contribution in [1.29, 1.82) is 0 Å². The predicted octanol–water partition coefficient (Wildman–Crippen LogP) is 5.03. The normalized spacial score (nSPS) is 11.0. The van der Waals surface area contributed by atoms with E-state index in [-0.39, 0.29) is 22.8 Å². The van der Waals surface area contributed by atoms with E-state index in [4.69, 9.17) is 13.9 Å². The molecule has 1 aromatic carbocycles. The maximum atomic E-state index is 12.1. The lowest BCUT2D eigenvalue weighted by Gasteiger charge is -2.12. The molecule has 25 heavy (non-hydrogen) atoms. The van der Waals surface area contributed by atoms with Crippen molar-refractivity contribution in [2.75, 3.05) is 13.7 Å². The number of fused-ring (bicyclic) bond motifs is 1. The molecule has 138 valence electrons. The zero-order valence-corrected chi connectivity index (χ0v) is 15.2. The van der Waals surface area contributed by atoms with E-state index < -0.39 is 5.63 Å². The molecule has 0 radical (unpaired) electrons. The molecule has 0 unspecified atom stereocenters. The number of rotatable bonds is 11. The van der Waals surface area contributed by atoms with Crippen molar-refractivity contribution in [3.63, 3.8) is 0 Å². The molecule has 0 saturated carbocycles. The van der Waals surface area contributed by atoms with Crippen LogP contribution in [0.5, 0.6) is 17.2 Å². The Morgan fingerprint density at radius 1 is 1.00 bits per heavy atom. The average molecular weight is 348 g/mol. The van der Waals surface area contributed by atoms with Gasteiger partial charge in [-0.25, -0.2) is 4.79 Å². The van der Waals surface area contributed by atoms with Crippen LogP contribution in [-0.4, -0.2) is 18.8 Å². The predicted molar refractivity (Wildman–Crippen MR) is 98.8 cm³/mol. The van der Waals surface area contributed by atoms with E-state index in [0.717, 1.165) is 12.8 Å². The van der Waals surface area contributed by atoms with Gasteiger partial charge in [-0.2, -0.15) is 0 Å². The second-order valence-electron chi connectivity index (χ2n) is 6.23. The van der Waals surface area contributed by atoms with Gasteiger partial charge < -0.3 is 19.0 Å². The minimum atomic E-state index is -0.588. The van der Waals surface area contributed by atoms with Crippen LogP contribution in [0, 0.1) is 0 Å². The summed E-state index contributed by atoms with van der Waals surface area (Å²) >= 11 is 0. The van der Waals surface area contributed by atoms with Crippen LogP contribution < -0.4 is 15.1 Å². The smallest absolute Gasteiger partial charge is 0.383 e. The molecule has 2 rings (SSSR count). The Balaban J connectivity index is 1.92. The number of hydrogen-bond donors (Lipinski definition) is 1. The van der Waals surface area contributed by atoms with Gasteiger partial charge in [0.25, 0.3) is 0 Å². The summed E-state index contributed by atoms with van der Waals surface area (Å²) < 4.78 is 16.2. The van der Waals surface area contributed by atoms with Gasteiger partial charge in [-0.1, -0.05) is 57.9 Å². The maximum Gasteiger partial charge on any atom is 0.383 e. The van der Waals surface area contributed by atoms with Crippen molar-refractivity contribution >= 4 is 11.0 Å². The summed E-state index contributed by atoms with van der Waals surface area (Å²) in [5.74, 6) is 0.249. The summed E-state index contributed by atoms with van der Waals surface area (Å²) in [6.07, 6.45) is 9.54. The standard InChI is InChI=1S/C20H28O5/c1-3-4-5-6-7-8-9-10-14-24-19-18(23-2)17-15(21)12-11-13-16(17)25-20(19)22/h11-13,21H,3-10,14H2,1-2H3. The molecule has 0 fully saturated rings. The maximum absolute atomic E-state index is 12.1. The highest BCUT2D eigenvalue weighted by atomic mass is 16.5. The first-order valence-electron chi connectivity index (χ1n) is 9.14. The van der Waals surface area contributed by atoms with Gasteiger partial charge in [0.05, 0.1) is 13.7 Å². The third kappa shape index (κ3) is 5.15. The van der Waals surface area contributed by atoms with Crippen LogP contribution >= 0.6 is 0 Å². The van der Waals surface area contributed by atoms with Crippen LogP contribution in [0.2, 0.25) is 0 Å². The van der Waals surface area contributed by atoms with Crippen molar-refractivity contribution in [2.45, 2.75) is 58.3 Å². The lowest BCUT2D eigenvalue weighted by atomic mass is 10.1. The van der Waals surface area contributed by atoms with Crippen molar-refractivity contribution in [2.24, 2.45) is 0 Å². The number of phenolic OH excluding ortho intramolecular Hbond substituents is 1. The second-order valence-corrected chi connectivity index (χ2v) is 6.23. The van der Waals surface area contributed by atoms with Gasteiger partial charge in [0.15, 0.2) is 5.75 Å². The van der Waals surface area contributed by atoms with Gasteiger partial charge in [-0.15, -0.1) is 0 Å². The molecule has 0 amide bonds. The van der Waals surface area contributed by atoms with E-state index in [0.29, 0.717) is 12.0 Å². The van der Waals surface area contributed by atoms with E-state index in [1.54, 1.807) is 12.1 Å². The molecular weight excluding hydrogens is 320 g/mol. The highest BCUT2D eigenvalue weighted by Gasteiger charge is 2.19. The van der Waals surface area contributed by atoms with E-state index in [9.17, 15) is 9.90 Å². The molecule has 0 atom stereocenters. The molecule has 0 saturated heterocycles. The topological polar surface area (TPSA) is 68.9 Å². The summed E-state index contributed by atoms with van der Waals surface area (Å²) in [4.78, 5) is 12.1. The molecule has 0 bridgehead atoms. The molecule has 0 aliphatic carbocycles. The van der Waals surface area contributed by atoms with E-state index in [1.165, 1.54) is 51.7 Å². The van der Waals surface area contributed by atoms with Crippen LogP contribution in [0.4, 0.5) is 0 Å². The number of benzene rings is 1. The number of phenols is 1. The van der Waals surface area contributed by atoms with Gasteiger partial charge >= 0.3 is 5.63 Å². The molecule has 1 aromatic heterocycles. The molecular formula is C20H28O5. The Kier molecular flexibility index (Phi) is 7.64. The van der Waals surface area contributed by atoms with E-state index >= 15 is 0 Å². The molecule has 2 aromatic rings. The van der Waals surface area contributed by atoms with Crippen LogP contribution in [0.3, 0.4) is 0 Å². The molecule has 0 aliphatic rings. The Bertz CT molecular complexity index is 720. The molecule has 1 N–H and O–H groups in total. The molecule has 5 heteroatoms. The van der Waals surface area contributed by atoms with Gasteiger partial charge in [-0.05, 0) is 18.6 Å². The van der Waals surface area contributed by atoms with Crippen LogP contribution in [-0.2, 0) is 0 Å². The molecule has 0 aliphatic heterocycles. The van der Waals surface area contributed by atoms with Crippen molar-refractivity contribution < 1.29 is 19.0 Å². The van der Waals surface area contributed by atoms with Crippen molar-refractivity contribution in [3.05, 3.63) is 28.6 Å². The van der Waals surface area contributed by atoms with Gasteiger partial charge in [0.1, 0.15) is 16.7 Å². The number of unbranched alkanes of at least 4 members (excludes halogenated alkanes) is 7. The number of aromatic hydroxyl groups is 1. The highest BCUT2D eigenvalue weighted by Crippen LogP contribution is 2.37. The fourth-order valence-corrected chi connectivity index (χ4v) is 2.91. The fraction of sp³-hybridized carbons (Fsp3) is 0.550. The summed E-state index contributed by atoms with van der Waals surface area (Å²) in [6, 6.07) is 4.75. The lowest BCUT2D eigenvalue weighted by molar-refractivity contribution is 0.271. The third-order valence-electron chi connectivity index (χ3n) is 4.27. The quantitative estimate of drug-likeness (QED) is 0.456. The highest BCUT2D eigenvalue weighted by molar-refractivity contribution is 5.91. The van der Waals surface area contributed by atoms with Gasteiger partial charge in [0.2, 0.25) is 5.75 Å². The zero-order chi connectivity index (χ0) is 18.1. The minimum Gasteiger partial charge on any atom is -0.507 e. The van der Waals surface area contributed by atoms with Crippen LogP contribution in [0.25, 0.3) is 11.0 Å². The lowest BCUT2D eigenvalue weighted by Crippen LogP contribution is -2.10. The summed E-state index contributed by atoms with van der Waals surface area (Å²) in [7, 11) is 1.45. The first kappa shape index (κ1) is 19.2. The summed E-state index contributed by atoms with van der Waals surface area (Å²) in [5, 5.41) is 10.4. The number of ether oxygens (including phenoxy) is 2. The first-order chi connectivity index (χ1) is 12.2. The summed E-state index contributed by atoms with van der Waals surface area (Å²) in [5.41, 5.74) is -0.309. The monoisotopic (exact) mass is 348 g/mol.